The Hall–Kier alpha value is -0.790. The highest BCUT2D eigenvalue weighted by atomic mass is 16.2. The fourth-order valence-corrected chi connectivity index (χ4v) is 2.60. The SMILES string of the molecule is C=CC[C@H]1CCC[C@@]1(C)C(=O)NC(C)(C)C. The van der Waals surface area contributed by atoms with Crippen molar-refractivity contribution < 1.29 is 4.79 Å². The van der Waals surface area contributed by atoms with E-state index in [4.69, 9.17) is 0 Å². The highest BCUT2D eigenvalue weighted by Gasteiger charge is 2.44. The fourth-order valence-electron chi connectivity index (χ4n) is 2.60. The summed E-state index contributed by atoms with van der Waals surface area (Å²) >= 11 is 0. The van der Waals surface area contributed by atoms with Crippen LogP contribution in [-0.4, -0.2) is 11.4 Å². The Kier molecular flexibility index (Phi) is 3.82. The number of rotatable bonds is 3. The quantitative estimate of drug-likeness (QED) is 0.731. The van der Waals surface area contributed by atoms with Crippen LogP contribution < -0.4 is 5.32 Å². The van der Waals surface area contributed by atoms with Gasteiger partial charge in [0, 0.05) is 11.0 Å². The van der Waals surface area contributed by atoms with Crippen LogP contribution >= 0.6 is 0 Å². The van der Waals surface area contributed by atoms with Gasteiger partial charge in [-0.1, -0.05) is 19.4 Å². The molecule has 1 saturated carbocycles. The monoisotopic (exact) mass is 223 g/mol. The molecule has 1 N–H and O–H groups in total. The van der Waals surface area contributed by atoms with Gasteiger partial charge in [-0.3, -0.25) is 4.79 Å². The van der Waals surface area contributed by atoms with Gasteiger partial charge in [0.1, 0.15) is 0 Å². The molecule has 1 amide bonds. The molecule has 92 valence electrons. The Morgan fingerprint density at radius 3 is 2.69 bits per heavy atom. The minimum atomic E-state index is -0.193. The molecule has 0 bridgehead atoms. The highest BCUT2D eigenvalue weighted by molar-refractivity contribution is 5.83. The van der Waals surface area contributed by atoms with E-state index in [9.17, 15) is 4.79 Å². The number of nitrogens with one attached hydrogen (secondary N) is 1. The Labute approximate surface area is 99.5 Å². The average Bonchev–Trinajstić information content (AvgIpc) is 2.47. The van der Waals surface area contributed by atoms with Crippen LogP contribution in [0.2, 0.25) is 0 Å². The molecule has 2 nitrogen and oxygen atoms in total. The van der Waals surface area contributed by atoms with Crippen LogP contribution in [0.5, 0.6) is 0 Å². The van der Waals surface area contributed by atoms with Gasteiger partial charge in [0.15, 0.2) is 0 Å². The Morgan fingerprint density at radius 2 is 2.19 bits per heavy atom. The number of carbonyl (C=O) groups excluding carboxylic acids is 1. The van der Waals surface area contributed by atoms with Crippen LogP contribution in [0.15, 0.2) is 12.7 Å². The van der Waals surface area contributed by atoms with Crippen molar-refractivity contribution in [3.05, 3.63) is 12.7 Å². The van der Waals surface area contributed by atoms with Crippen LogP contribution in [0, 0.1) is 11.3 Å². The van der Waals surface area contributed by atoms with Gasteiger partial charge < -0.3 is 5.32 Å². The standard InChI is InChI=1S/C14H25NO/c1-6-8-11-9-7-10-14(11,5)12(16)15-13(2,3)4/h6,11H,1,7-10H2,2-5H3,(H,15,16)/t11-,14+/m0/s1. The molecule has 16 heavy (non-hydrogen) atoms. The fraction of sp³-hybridized carbons (Fsp3) is 0.786. The van der Waals surface area contributed by atoms with Gasteiger partial charge in [0.2, 0.25) is 5.91 Å². The van der Waals surface area contributed by atoms with E-state index in [0.29, 0.717) is 5.92 Å². The van der Waals surface area contributed by atoms with Gasteiger partial charge in [-0.05, 0) is 46.0 Å². The topological polar surface area (TPSA) is 29.1 Å². The third kappa shape index (κ3) is 2.87. The predicted molar refractivity (Wildman–Crippen MR) is 68.2 cm³/mol. The van der Waals surface area contributed by atoms with E-state index in [0.717, 1.165) is 25.7 Å². The molecule has 1 aliphatic rings. The first-order chi connectivity index (χ1) is 7.29. The first-order valence-corrected chi connectivity index (χ1v) is 6.23. The van der Waals surface area contributed by atoms with Crippen molar-refractivity contribution in [1.82, 2.24) is 5.32 Å². The first kappa shape index (κ1) is 13.3. The molecule has 0 heterocycles. The molecule has 0 aromatic rings. The van der Waals surface area contributed by atoms with E-state index in [2.05, 4.69) is 18.8 Å². The third-order valence-corrected chi connectivity index (χ3v) is 3.61. The van der Waals surface area contributed by atoms with Gasteiger partial charge in [-0.2, -0.15) is 0 Å². The second-order valence-corrected chi connectivity index (χ2v) is 6.24. The van der Waals surface area contributed by atoms with Crippen LogP contribution in [0.25, 0.3) is 0 Å². The summed E-state index contributed by atoms with van der Waals surface area (Å²) in [5.41, 5.74) is -0.330. The molecule has 0 aliphatic heterocycles. The van der Waals surface area contributed by atoms with Crippen molar-refractivity contribution in [3.8, 4) is 0 Å². The molecule has 1 rings (SSSR count). The number of allylic oxidation sites excluding steroid dienone is 1. The van der Waals surface area contributed by atoms with Crippen molar-refractivity contribution in [2.45, 2.75) is 58.9 Å². The summed E-state index contributed by atoms with van der Waals surface area (Å²) in [5.74, 6) is 0.678. The van der Waals surface area contributed by atoms with E-state index in [1.807, 2.05) is 26.8 Å². The van der Waals surface area contributed by atoms with Gasteiger partial charge >= 0.3 is 0 Å². The largest absolute Gasteiger partial charge is 0.351 e. The molecule has 0 aromatic carbocycles. The summed E-state index contributed by atoms with van der Waals surface area (Å²) in [6.45, 7) is 12.0. The maximum atomic E-state index is 12.3. The average molecular weight is 223 g/mol. The van der Waals surface area contributed by atoms with Gasteiger partial charge in [-0.25, -0.2) is 0 Å². The lowest BCUT2D eigenvalue weighted by atomic mass is 9.76. The van der Waals surface area contributed by atoms with E-state index >= 15 is 0 Å². The zero-order chi connectivity index (χ0) is 12.4. The number of carbonyl (C=O) groups is 1. The van der Waals surface area contributed by atoms with Crippen LogP contribution in [0.1, 0.15) is 53.4 Å². The lowest BCUT2D eigenvalue weighted by molar-refractivity contribution is -0.133. The molecule has 2 atom stereocenters. The molecule has 0 saturated heterocycles. The first-order valence-electron chi connectivity index (χ1n) is 6.23. The Bertz CT molecular complexity index is 277. The summed E-state index contributed by atoms with van der Waals surface area (Å²) in [6.07, 6.45) is 6.22. The molecule has 2 heteroatoms. The summed E-state index contributed by atoms with van der Waals surface area (Å²) in [4.78, 5) is 12.3. The molecular weight excluding hydrogens is 198 g/mol. The molecule has 0 unspecified atom stereocenters. The minimum Gasteiger partial charge on any atom is -0.351 e. The molecule has 0 radical (unpaired) electrons. The molecular formula is C14H25NO. The van der Waals surface area contributed by atoms with Crippen LogP contribution in [0.3, 0.4) is 0 Å². The summed E-state index contributed by atoms with van der Waals surface area (Å²) in [6, 6.07) is 0. The number of hydrogen-bond donors (Lipinski definition) is 1. The Balaban J connectivity index is 2.75. The number of amides is 1. The van der Waals surface area contributed by atoms with Crippen LogP contribution in [0.4, 0.5) is 0 Å². The lowest BCUT2D eigenvalue weighted by Crippen LogP contribution is -2.49. The van der Waals surface area contributed by atoms with E-state index in [1.54, 1.807) is 0 Å². The summed E-state index contributed by atoms with van der Waals surface area (Å²) in [5, 5.41) is 3.12. The predicted octanol–water partition coefficient (Wildman–Crippen LogP) is 3.28. The van der Waals surface area contributed by atoms with E-state index < -0.39 is 0 Å². The van der Waals surface area contributed by atoms with Crippen LogP contribution in [-0.2, 0) is 4.79 Å². The zero-order valence-corrected chi connectivity index (χ0v) is 11.1. The lowest BCUT2D eigenvalue weighted by Gasteiger charge is -2.33. The number of hydrogen-bond acceptors (Lipinski definition) is 1. The Morgan fingerprint density at radius 1 is 1.56 bits per heavy atom. The molecule has 0 spiro atoms. The second-order valence-electron chi connectivity index (χ2n) is 6.24. The smallest absolute Gasteiger partial charge is 0.226 e. The van der Waals surface area contributed by atoms with Gasteiger partial charge in [-0.15, -0.1) is 6.58 Å². The maximum absolute atomic E-state index is 12.3. The second kappa shape index (κ2) is 4.60. The van der Waals surface area contributed by atoms with E-state index in [1.165, 1.54) is 0 Å². The zero-order valence-electron chi connectivity index (χ0n) is 11.1. The molecule has 1 aliphatic carbocycles. The van der Waals surface area contributed by atoms with Gasteiger partial charge in [0.05, 0.1) is 0 Å². The van der Waals surface area contributed by atoms with Crippen molar-refractivity contribution in [1.29, 1.82) is 0 Å². The summed E-state index contributed by atoms with van der Waals surface area (Å²) < 4.78 is 0. The van der Waals surface area contributed by atoms with Gasteiger partial charge in [0.25, 0.3) is 0 Å². The maximum Gasteiger partial charge on any atom is 0.226 e. The van der Waals surface area contributed by atoms with Crippen molar-refractivity contribution in [2.24, 2.45) is 11.3 Å². The van der Waals surface area contributed by atoms with Crippen molar-refractivity contribution in [3.63, 3.8) is 0 Å². The summed E-state index contributed by atoms with van der Waals surface area (Å²) in [7, 11) is 0. The molecule has 1 fully saturated rings. The molecule has 0 aromatic heterocycles. The minimum absolute atomic E-state index is 0.137. The third-order valence-electron chi connectivity index (χ3n) is 3.61. The highest BCUT2D eigenvalue weighted by Crippen LogP contribution is 2.45. The van der Waals surface area contributed by atoms with Crippen molar-refractivity contribution in [2.75, 3.05) is 0 Å². The normalized spacial score (nSPS) is 30.1. The van der Waals surface area contributed by atoms with E-state index in [-0.39, 0.29) is 16.9 Å². The van der Waals surface area contributed by atoms with Crippen molar-refractivity contribution >= 4 is 5.91 Å².